The van der Waals surface area contributed by atoms with E-state index in [0.29, 0.717) is 11.4 Å². The minimum Gasteiger partial charge on any atom is -0.387 e. The predicted molar refractivity (Wildman–Crippen MR) is 99.4 cm³/mol. The van der Waals surface area contributed by atoms with Gasteiger partial charge in [0.2, 0.25) is 0 Å². The van der Waals surface area contributed by atoms with Crippen molar-refractivity contribution in [2.45, 2.75) is 46.1 Å². The fourth-order valence-electron chi connectivity index (χ4n) is 3.53. The highest BCUT2D eigenvalue weighted by Crippen LogP contribution is 2.35. The Morgan fingerprint density at radius 3 is 3.00 bits per heavy atom. The second-order valence-corrected chi connectivity index (χ2v) is 7.97. The molecule has 0 fully saturated rings. The van der Waals surface area contributed by atoms with E-state index in [2.05, 4.69) is 39.9 Å². The first-order valence-electron chi connectivity index (χ1n) is 9.12. The minimum atomic E-state index is -0.211. The van der Waals surface area contributed by atoms with Gasteiger partial charge in [0.25, 0.3) is 5.91 Å². The Bertz CT molecular complexity index is 895. The Morgan fingerprint density at radius 2 is 2.26 bits per heavy atom. The largest absolute Gasteiger partial charge is 0.387 e. The number of aromatic nitrogens is 4. The van der Waals surface area contributed by atoms with Crippen molar-refractivity contribution >= 4 is 11.6 Å². The van der Waals surface area contributed by atoms with Crippen LogP contribution in [0.3, 0.4) is 0 Å². The molecule has 0 bridgehead atoms. The Kier molecular flexibility index (Phi) is 4.18. The van der Waals surface area contributed by atoms with Crippen molar-refractivity contribution in [2.24, 2.45) is 5.41 Å². The standard InChI is InChI=1S/C18H25N7O2/c1-11(15-9-19-24(4)27-15)25-10-12(8-20-25)21-17(26)16-13-5-6-18(2,3)7-14(13)22-23-16/h8-11,19H,5-7H2,1-4H3,(H,21,26)(H,22,23). The summed E-state index contributed by atoms with van der Waals surface area (Å²) in [6, 6.07) is -0.103. The van der Waals surface area contributed by atoms with Crippen molar-refractivity contribution in [2.75, 3.05) is 12.4 Å². The summed E-state index contributed by atoms with van der Waals surface area (Å²) in [6.07, 6.45) is 8.02. The number of carbonyl (C=O) groups is 1. The molecular weight excluding hydrogens is 346 g/mol. The smallest absolute Gasteiger partial charge is 0.276 e. The van der Waals surface area contributed by atoms with Gasteiger partial charge in [-0.15, -0.1) is 0 Å². The van der Waals surface area contributed by atoms with E-state index in [4.69, 9.17) is 4.84 Å². The van der Waals surface area contributed by atoms with Crippen LogP contribution in [-0.4, -0.2) is 38.1 Å². The van der Waals surface area contributed by atoms with E-state index < -0.39 is 0 Å². The molecule has 0 radical (unpaired) electrons. The third-order valence-corrected chi connectivity index (χ3v) is 5.17. The molecule has 144 valence electrons. The van der Waals surface area contributed by atoms with E-state index in [1.165, 1.54) is 5.17 Å². The molecule has 2 aromatic heterocycles. The van der Waals surface area contributed by atoms with Crippen LogP contribution in [0.1, 0.15) is 55.0 Å². The molecule has 9 nitrogen and oxygen atoms in total. The number of hydrogen-bond acceptors (Lipinski definition) is 6. The van der Waals surface area contributed by atoms with Crippen LogP contribution in [0.4, 0.5) is 5.69 Å². The molecule has 9 heteroatoms. The number of fused-ring (bicyclic) bond motifs is 1. The zero-order valence-electron chi connectivity index (χ0n) is 16.0. The van der Waals surface area contributed by atoms with E-state index in [9.17, 15) is 4.79 Å². The summed E-state index contributed by atoms with van der Waals surface area (Å²) < 4.78 is 1.74. The molecule has 3 heterocycles. The highest BCUT2D eigenvalue weighted by molar-refractivity contribution is 6.03. The van der Waals surface area contributed by atoms with Crippen LogP contribution in [0.5, 0.6) is 0 Å². The Hall–Kier alpha value is -2.81. The second-order valence-electron chi connectivity index (χ2n) is 7.97. The van der Waals surface area contributed by atoms with E-state index in [1.54, 1.807) is 30.3 Å². The lowest BCUT2D eigenvalue weighted by molar-refractivity contribution is -0.109. The summed E-state index contributed by atoms with van der Waals surface area (Å²) in [7, 11) is 1.77. The van der Waals surface area contributed by atoms with E-state index in [-0.39, 0.29) is 17.4 Å². The van der Waals surface area contributed by atoms with Gasteiger partial charge in [0.15, 0.2) is 11.5 Å². The van der Waals surface area contributed by atoms with E-state index in [0.717, 1.165) is 36.3 Å². The predicted octanol–water partition coefficient (Wildman–Crippen LogP) is 2.16. The number of hydrogen-bond donors (Lipinski definition) is 3. The monoisotopic (exact) mass is 371 g/mol. The molecule has 3 N–H and O–H groups in total. The number of hydroxylamine groups is 1. The lowest BCUT2D eigenvalue weighted by Gasteiger charge is -2.28. The first-order chi connectivity index (χ1) is 12.8. The third kappa shape index (κ3) is 3.42. The average Bonchev–Trinajstić information content (AvgIpc) is 3.32. The summed E-state index contributed by atoms with van der Waals surface area (Å²) >= 11 is 0. The molecule has 2 aliphatic rings. The van der Waals surface area contributed by atoms with Crippen molar-refractivity contribution in [3.63, 3.8) is 0 Å². The topological polar surface area (TPSA) is 100 Å². The van der Waals surface area contributed by atoms with Gasteiger partial charge in [-0.3, -0.25) is 20.0 Å². The molecule has 0 spiro atoms. The molecule has 0 saturated heterocycles. The number of anilines is 1. The molecule has 1 unspecified atom stereocenters. The van der Waals surface area contributed by atoms with Crippen molar-refractivity contribution in [1.82, 2.24) is 30.6 Å². The molecule has 1 aliphatic heterocycles. The highest BCUT2D eigenvalue weighted by Gasteiger charge is 2.30. The van der Waals surface area contributed by atoms with Gasteiger partial charge in [0, 0.05) is 24.5 Å². The summed E-state index contributed by atoms with van der Waals surface area (Å²) in [5, 5.41) is 16.1. The number of allylic oxidation sites excluding steroid dienone is 1. The number of hydrazine groups is 1. The average molecular weight is 371 g/mol. The molecule has 0 saturated carbocycles. The molecule has 0 aromatic carbocycles. The van der Waals surface area contributed by atoms with E-state index in [1.807, 2.05) is 6.92 Å². The van der Waals surface area contributed by atoms with Gasteiger partial charge in [-0.2, -0.15) is 10.2 Å². The molecule has 2 aromatic rings. The Balaban J connectivity index is 1.46. The van der Waals surface area contributed by atoms with Crippen LogP contribution >= 0.6 is 0 Å². The van der Waals surface area contributed by atoms with Gasteiger partial charge in [-0.1, -0.05) is 19.0 Å². The first-order valence-corrected chi connectivity index (χ1v) is 9.12. The maximum Gasteiger partial charge on any atom is 0.276 e. The molecule has 1 aliphatic carbocycles. The van der Waals surface area contributed by atoms with Crippen LogP contribution in [0, 0.1) is 5.41 Å². The molecule has 1 amide bonds. The van der Waals surface area contributed by atoms with Crippen molar-refractivity contribution < 1.29 is 9.63 Å². The lowest BCUT2D eigenvalue weighted by atomic mass is 9.76. The SMILES string of the molecule is CC(C1=CNN(C)O1)n1cc(NC(=O)c2n[nH]c3c2CCC(C)(C)C3)cn1. The first kappa shape index (κ1) is 17.6. The van der Waals surface area contributed by atoms with Crippen LogP contribution in [-0.2, 0) is 17.7 Å². The highest BCUT2D eigenvalue weighted by atomic mass is 16.7. The number of H-pyrrole nitrogens is 1. The number of carbonyl (C=O) groups excluding carboxylic acids is 1. The van der Waals surface area contributed by atoms with Gasteiger partial charge in [-0.25, -0.2) is 0 Å². The van der Waals surface area contributed by atoms with Gasteiger partial charge in [0.1, 0.15) is 6.04 Å². The quantitative estimate of drug-likeness (QED) is 0.762. The molecule has 1 atom stereocenters. The van der Waals surface area contributed by atoms with Gasteiger partial charge in [-0.05, 0) is 31.6 Å². The van der Waals surface area contributed by atoms with E-state index >= 15 is 0 Å². The fraction of sp³-hybridized carbons (Fsp3) is 0.500. The Morgan fingerprint density at radius 1 is 1.44 bits per heavy atom. The summed E-state index contributed by atoms with van der Waals surface area (Å²) in [4.78, 5) is 18.2. The van der Waals surface area contributed by atoms with Crippen LogP contribution < -0.4 is 10.7 Å². The maximum atomic E-state index is 12.7. The zero-order chi connectivity index (χ0) is 19.2. The van der Waals surface area contributed by atoms with Gasteiger partial charge >= 0.3 is 0 Å². The molecule has 4 rings (SSSR count). The Labute approximate surface area is 157 Å². The fourth-order valence-corrected chi connectivity index (χ4v) is 3.53. The van der Waals surface area contributed by atoms with Crippen LogP contribution in [0.25, 0.3) is 0 Å². The van der Waals surface area contributed by atoms with Gasteiger partial charge in [0.05, 0.1) is 18.1 Å². The second kappa shape index (κ2) is 6.41. The summed E-state index contributed by atoms with van der Waals surface area (Å²) in [5.41, 5.74) is 6.39. The minimum absolute atomic E-state index is 0.103. The number of nitrogens with zero attached hydrogens (tertiary/aromatic N) is 4. The normalized spacial score (nSPS) is 19.6. The maximum absolute atomic E-state index is 12.7. The lowest BCUT2D eigenvalue weighted by Crippen LogP contribution is -2.23. The van der Waals surface area contributed by atoms with Crippen molar-refractivity contribution in [3.8, 4) is 0 Å². The van der Waals surface area contributed by atoms with Crippen LogP contribution in [0.2, 0.25) is 0 Å². The van der Waals surface area contributed by atoms with Crippen molar-refractivity contribution in [3.05, 3.63) is 41.3 Å². The number of nitrogens with one attached hydrogen (secondary N) is 3. The summed E-state index contributed by atoms with van der Waals surface area (Å²) in [6.45, 7) is 6.45. The van der Waals surface area contributed by atoms with Crippen molar-refractivity contribution in [1.29, 1.82) is 0 Å². The molecule has 27 heavy (non-hydrogen) atoms. The van der Waals surface area contributed by atoms with Crippen LogP contribution in [0.15, 0.2) is 24.4 Å². The number of rotatable bonds is 4. The number of aromatic amines is 1. The number of amides is 1. The zero-order valence-corrected chi connectivity index (χ0v) is 16.0. The third-order valence-electron chi connectivity index (χ3n) is 5.17. The summed E-state index contributed by atoms with van der Waals surface area (Å²) in [5.74, 6) is 0.527. The molecular formula is C18H25N7O2. The van der Waals surface area contributed by atoms with Gasteiger partial charge < -0.3 is 10.2 Å².